The SMILES string of the molecule is COC(=O)Cc1ccc(N)cc1.Cl. The zero-order valence-electron chi connectivity index (χ0n) is 7.32. The predicted molar refractivity (Wildman–Crippen MR) is 53.8 cm³/mol. The zero-order chi connectivity index (χ0) is 8.97. The fourth-order valence-electron chi connectivity index (χ4n) is 0.874. The van der Waals surface area contributed by atoms with Crippen molar-refractivity contribution >= 4 is 24.1 Å². The molecule has 0 aliphatic carbocycles. The summed E-state index contributed by atoms with van der Waals surface area (Å²) in [6.45, 7) is 0. The van der Waals surface area contributed by atoms with Gasteiger partial charge < -0.3 is 10.5 Å². The summed E-state index contributed by atoms with van der Waals surface area (Å²) in [7, 11) is 1.37. The van der Waals surface area contributed by atoms with Crippen molar-refractivity contribution in [2.24, 2.45) is 0 Å². The highest BCUT2D eigenvalue weighted by Crippen LogP contribution is 2.06. The first-order chi connectivity index (χ1) is 5.72. The van der Waals surface area contributed by atoms with Crippen molar-refractivity contribution in [2.45, 2.75) is 6.42 Å². The molecule has 1 rings (SSSR count). The number of methoxy groups -OCH3 is 1. The first-order valence-electron chi connectivity index (χ1n) is 3.63. The van der Waals surface area contributed by atoms with Crippen LogP contribution in [0, 0.1) is 0 Å². The number of nitrogens with two attached hydrogens (primary N) is 1. The van der Waals surface area contributed by atoms with Crippen LogP contribution in [0.2, 0.25) is 0 Å². The summed E-state index contributed by atoms with van der Waals surface area (Å²) in [6.07, 6.45) is 0.302. The Morgan fingerprint density at radius 1 is 1.38 bits per heavy atom. The van der Waals surface area contributed by atoms with E-state index < -0.39 is 0 Å². The number of ether oxygens (including phenoxy) is 1. The average Bonchev–Trinajstić information content (AvgIpc) is 2.09. The average molecular weight is 202 g/mol. The number of carbonyl (C=O) groups is 1. The number of esters is 1. The van der Waals surface area contributed by atoms with Crippen molar-refractivity contribution in [3.05, 3.63) is 29.8 Å². The van der Waals surface area contributed by atoms with E-state index >= 15 is 0 Å². The molecular weight excluding hydrogens is 190 g/mol. The first kappa shape index (κ1) is 11.8. The quantitative estimate of drug-likeness (QED) is 0.582. The van der Waals surface area contributed by atoms with Gasteiger partial charge in [-0.05, 0) is 17.7 Å². The molecule has 0 aliphatic rings. The second-order valence-corrected chi connectivity index (χ2v) is 2.49. The lowest BCUT2D eigenvalue weighted by molar-refractivity contribution is -0.139. The molecule has 2 N–H and O–H groups in total. The minimum Gasteiger partial charge on any atom is -0.469 e. The van der Waals surface area contributed by atoms with Gasteiger partial charge in [-0.25, -0.2) is 0 Å². The molecule has 0 radical (unpaired) electrons. The van der Waals surface area contributed by atoms with Gasteiger partial charge in [0.05, 0.1) is 13.5 Å². The van der Waals surface area contributed by atoms with Gasteiger partial charge in [0.1, 0.15) is 0 Å². The molecule has 0 saturated heterocycles. The number of nitrogen functional groups attached to an aromatic ring is 1. The second kappa shape index (κ2) is 5.43. The van der Waals surface area contributed by atoms with Crippen LogP contribution in [0.25, 0.3) is 0 Å². The summed E-state index contributed by atoms with van der Waals surface area (Å²) in [4.78, 5) is 10.8. The molecule has 13 heavy (non-hydrogen) atoms. The van der Waals surface area contributed by atoms with Crippen molar-refractivity contribution in [2.75, 3.05) is 12.8 Å². The molecule has 0 bridgehead atoms. The third-order valence-electron chi connectivity index (χ3n) is 1.56. The van der Waals surface area contributed by atoms with E-state index in [1.54, 1.807) is 12.1 Å². The third-order valence-corrected chi connectivity index (χ3v) is 1.56. The van der Waals surface area contributed by atoms with E-state index in [9.17, 15) is 4.79 Å². The van der Waals surface area contributed by atoms with Gasteiger partial charge >= 0.3 is 5.97 Å². The number of benzene rings is 1. The summed E-state index contributed by atoms with van der Waals surface area (Å²) >= 11 is 0. The standard InChI is InChI=1S/C9H11NO2.ClH/c1-12-9(11)6-7-2-4-8(10)5-3-7;/h2-5H,6,10H2,1H3;1H. The van der Waals surface area contributed by atoms with E-state index in [0.29, 0.717) is 12.1 Å². The lowest BCUT2D eigenvalue weighted by Gasteiger charge is -1.99. The molecule has 0 heterocycles. The largest absolute Gasteiger partial charge is 0.469 e. The molecule has 0 fully saturated rings. The summed E-state index contributed by atoms with van der Waals surface area (Å²) < 4.78 is 4.51. The van der Waals surface area contributed by atoms with Gasteiger partial charge in [-0.3, -0.25) is 4.79 Å². The Bertz CT molecular complexity index is 271. The Morgan fingerprint density at radius 2 is 1.92 bits per heavy atom. The van der Waals surface area contributed by atoms with E-state index in [2.05, 4.69) is 4.74 Å². The molecule has 1 aromatic carbocycles. The van der Waals surface area contributed by atoms with E-state index in [1.165, 1.54) is 7.11 Å². The van der Waals surface area contributed by atoms with Gasteiger partial charge in [0, 0.05) is 5.69 Å². The van der Waals surface area contributed by atoms with Crippen LogP contribution in [0.5, 0.6) is 0 Å². The van der Waals surface area contributed by atoms with Gasteiger partial charge in [0.2, 0.25) is 0 Å². The molecular formula is C9H12ClNO2. The molecule has 0 atom stereocenters. The number of hydrogen-bond acceptors (Lipinski definition) is 3. The Hall–Kier alpha value is -1.22. The van der Waals surface area contributed by atoms with Crippen molar-refractivity contribution in [1.82, 2.24) is 0 Å². The second-order valence-electron chi connectivity index (χ2n) is 2.49. The lowest BCUT2D eigenvalue weighted by atomic mass is 10.1. The minimum absolute atomic E-state index is 0. The molecule has 0 unspecified atom stereocenters. The highest BCUT2D eigenvalue weighted by Gasteiger charge is 2.00. The van der Waals surface area contributed by atoms with Crippen molar-refractivity contribution in [3.63, 3.8) is 0 Å². The normalized spacial score (nSPS) is 8.69. The van der Waals surface area contributed by atoms with Gasteiger partial charge in [0.15, 0.2) is 0 Å². The van der Waals surface area contributed by atoms with Crippen LogP contribution in [0.4, 0.5) is 5.69 Å². The molecule has 0 amide bonds. The maximum atomic E-state index is 10.8. The van der Waals surface area contributed by atoms with E-state index in [-0.39, 0.29) is 18.4 Å². The number of halogens is 1. The summed E-state index contributed by atoms with van der Waals surface area (Å²) in [5, 5.41) is 0. The molecule has 0 aliphatic heterocycles. The van der Waals surface area contributed by atoms with Crippen LogP contribution in [-0.4, -0.2) is 13.1 Å². The zero-order valence-corrected chi connectivity index (χ0v) is 8.14. The summed E-state index contributed by atoms with van der Waals surface area (Å²) in [6, 6.07) is 7.15. The van der Waals surface area contributed by atoms with Crippen LogP contribution >= 0.6 is 12.4 Å². The number of rotatable bonds is 2. The van der Waals surface area contributed by atoms with Crippen LogP contribution in [0.15, 0.2) is 24.3 Å². The van der Waals surface area contributed by atoms with Gasteiger partial charge in [-0.1, -0.05) is 12.1 Å². The highest BCUT2D eigenvalue weighted by molar-refractivity contribution is 5.85. The minimum atomic E-state index is -0.236. The van der Waals surface area contributed by atoms with Crippen molar-refractivity contribution in [3.8, 4) is 0 Å². The summed E-state index contributed by atoms with van der Waals surface area (Å²) in [5.74, 6) is -0.236. The number of anilines is 1. The molecule has 1 aromatic rings. The Morgan fingerprint density at radius 3 is 2.38 bits per heavy atom. The Labute approximate surface area is 83.3 Å². The lowest BCUT2D eigenvalue weighted by Crippen LogP contribution is -2.04. The maximum absolute atomic E-state index is 10.8. The number of carbonyl (C=O) groups excluding carboxylic acids is 1. The third kappa shape index (κ3) is 3.80. The smallest absolute Gasteiger partial charge is 0.309 e. The van der Waals surface area contributed by atoms with Crippen molar-refractivity contribution in [1.29, 1.82) is 0 Å². The van der Waals surface area contributed by atoms with E-state index in [0.717, 1.165) is 5.56 Å². The van der Waals surface area contributed by atoms with Gasteiger partial charge in [-0.2, -0.15) is 0 Å². The maximum Gasteiger partial charge on any atom is 0.309 e. The molecule has 72 valence electrons. The topological polar surface area (TPSA) is 52.3 Å². The fourth-order valence-corrected chi connectivity index (χ4v) is 0.874. The van der Waals surface area contributed by atoms with E-state index in [1.807, 2.05) is 12.1 Å². The highest BCUT2D eigenvalue weighted by atomic mass is 35.5. The monoisotopic (exact) mass is 201 g/mol. The summed E-state index contributed by atoms with van der Waals surface area (Å²) in [5.41, 5.74) is 7.08. The Balaban J connectivity index is 0.00000144. The first-order valence-corrected chi connectivity index (χ1v) is 3.63. The van der Waals surface area contributed by atoms with Crippen LogP contribution < -0.4 is 5.73 Å². The van der Waals surface area contributed by atoms with Crippen LogP contribution in [0.1, 0.15) is 5.56 Å². The van der Waals surface area contributed by atoms with Crippen molar-refractivity contribution < 1.29 is 9.53 Å². The van der Waals surface area contributed by atoms with Crippen LogP contribution in [0.3, 0.4) is 0 Å². The van der Waals surface area contributed by atoms with Gasteiger partial charge in [-0.15, -0.1) is 12.4 Å². The molecule has 0 aromatic heterocycles. The molecule has 0 saturated carbocycles. The number of hydrogen-bond donors (Lipinski definition) is 1. The molecule has 3 nitrogen and oxygen atoms in total. The molecule has 4 heteroatoms. The molecule has 0 spiro atoms. The fraction of sp³-hybridized carbons (Fsp3) is 0.222. The predicted octanol–water partition coefficient (Wildman–Crippen LogP) is 1.41. The Kier molecular flexibility index (Phi) is 4.92. The van der Waals surface area contributed by atoms with Crippen LogP contribution in [-0.2, 0) is 16.0 Å². The van der Waals surface area contributed by atoms with E-state index in [4.69, 9.17) is 5.73 Å². The van der Waals surface area contributed by atoms with Gasteiger partial charge in [0.25, 0.3) is 0 Å².